The third kappa shape index (κ3) is 3.93. The fourth-order valence-corrected chi connectivity index (χ4v) is 5.33. The summed E-state index contributed by atoms with van der Waals surface area (Å²) < 4.78 is 18.0. The quantitative estimate of drug-likeness (QED) is 0.389. The molecule has 0 aliphatic carbocycles. The average Bonchev–Trinajstić information content (AvgIpc) is 3.56. The van der Waals surface area contributed by atoms with E-state index in [2.05, 4.69) is 15.3 Å². The molecule has 2 aliphatic heterocycles. The number of halogens is 1. The molecule has 1 aromatic heterocycles. The van der Waals surface area contributed by atoms with Crippen molar-refractivity contribution in [2.75, 3.05) is 20.3 Å². The molecule has 0 saturated carbocycles. The molecule has 2 saturated heterocycles. The van der Waals surface area contributed by atoms with Crippen LogP contribution in [0.4, 0.5) is 0 Å². The van der Waals surface area contributed by atoms with Gasteiger partial charge >= 0.3 is 0 Å². The number of ether oxygens (including phenoxy) is 3. The molecule has 0 bridgehead atoms. The molecule has 3 heterocycles. The van der Waals surface area contributed by atoms with Gasteiger partial charge in [0.1, 0.15) is 5.60 Å². The van der Waals surface area contributed by atoms with E-state index < -0.39 is 5.60 Å². The molecule has 2 aliphatic rings. The Labute approximate surface area is 213 Å². The van der Waals surface area contributed by atoms with Crippen LogP contribution in [0.15, 0.2) is 60.7 Å². The summed E-state index contributed by atoms with van der Waals surface area (Å²) in [6.45, 7) is 3.20. The minimum absolute atomic E-state index is 0.0599. The van der Waals surface area contributed by atoms with Crippen molar-refractivity contribution in [1.29, 1.82) is 0 Å². The standard InChI is InChI=1S/C28H26ClN3O4/c1-28-24(11-12-35-28)34-15-25(28)36-27-31-22-13-20(21(29)14-23(22)32-27)18-7-3-16(4-8-18)17-5-9-19(10-6-17)26(33)30-2/h3-10,13-14,24-25H,11-12,15H2,1-2H3,(H,30,33)(H,31,32)/t24-,25?,28+/m1/s1. The van der Waals surface area contributed by atoms with Gasteiger partial charge in [-0.15, -0.1) is 0 Å². The van der Waals surface area contributed by atoms with Crippen molar-refractivity contribution >= 4 is 28.5 Å². The van der Waals surface area contributed by atoms with Crippen LogP contribution >= 0.6 is 11.6 Å². The van der Waals surface area contributed by atoms with E-state index in [0.29, 0.717) is 29.8 Å². The molecule has 0 spiro atoms. The highest BCUT2D eigenvalue weighted by atomic mass is 35.5. The van der Waals surface area contributed by atoms with Crippen molar-refractivity contribution in [3.05, 3.63) is 71.2 Å². The molecule has 6 rings (SSSR count). The van der Waals surface area contributed by atoms with E-state index in [1.807, 2.05) is 67.6 Å². The number of hydrogen-bond acceptors (Lipinski definition) is 5. The monoisotopic (exact) mass is 503 g/mol. The molecule has 4 aromatic rings. The summed E-state index contributed by atoms with van der Waals surface area (Å²) in [4.78, 5) is 19.7. The molecule has 3 aromatic carbocycles. The van der Waals surface area contributed by atoms with Gasteiger partial charge in [0, 0.05) is 18.2 Å². The van der Waals surface area contributed by atoms with Crippen LogP contribution in [-0.4, -0.2) is 53.9 Å². The number of rotatable bonds is 5. The van der Waals surface area contributed by atoms with Gasteiger partial charge in [-0.3, -0.25) is 4.79 Å². The third-order valence-electron chi connectivity index (χ3n) is 7.23. The number of aromatic nitrogens is 2. The SMILES string of the molecule is CNC(=O)c1ccc(-c2ccc(-c3cc4nc(OC5CO[C@@H]6CCO[C@]56C)[nH]c4cc3Cl)cc2)cc1. The zero-order valence-corrected chi connectivity index (χ0v) is 20.8. The first kappa shape index (κ1) is 23.0. The number of nitrogens with zero attached hydrogens (tertiary/aromatic N) is 1. The Bertz CT molecular complexity index is 1430. The lowest BCUT2D eigenvalue weighted by Crippen LogP contribution is -2.45. The Hall–Kier alpha value is -3.39. The number of H-pyrrole nitrogens is 1. The summed E-state index contributed by atoms with van der Waals surface area (Å²) in [5.74, 6) is -0.101. The second-order valence-electron chi connectivity index (χ2n) is 9.37. The summed E-state index contributed by atoms with van der Waals surface area (Å²) >= 11 is 6.66. The average molecular weight is 504 g/mol. The lowest BCUT2D eigenvalue weighted by atomic mass is 9.96. The lowest BCUT2D eigenvalue weighted by molar-refractivity contribution is -0.0551. The van der Waals surface area contributed by atoms with Crippen LogP contribution in [0.25, 0.3) is 33.3 Å². The van der Waals surface area contributed by atoms with Crippen molar-refractivity contribution in [2.24, 2.45) is 0 Å². The van der Waals surface area contributed by atoms with Gasteiger partial charge < -0.3 is 24.5 Å². The summed E-state index contributed by atoms with van der Waals surface area (Å²) in [7, 11) is 1.62. The largest absolute Gasteiger partial charge is 0.456 e. The number of benzene rings is 3. The van der Waals surface area contributed by atoms with Gasteiger partial charge in [0.05, 0.1) is 35.4 Å². The summed E-state index contributed by atoms with van der Waals surface area (Å²) in [6.07, 6.45) is 0.721. The van der Waals surface area contributed by atoms with E-state index in [0.717, 1.165) is 39.7 Å². The minimum Gasteiger partial charge on any atom is -0.456 e. The van der Waals surface area contributed by atoms with E-state index in [1.54, 1.807) is 7.05 Å². The molecule has 2 N–H and O–H groups in total. The number of aromatic amines is 1. The number of amides is 1. The molecule has 7 nitrogen and oxygen atoms in total. The number of hydrogen-bond donors (Lipinski definition) is 2. The highest BCUT2D eigenvalue weighted by Gasteiger charge is 2.54. The predicted molar refractivity (Wildman–Crippen MR) is 138 cm³/mol. The minimum atomic E-state index is -0.452. The van der Waals surface area contributed by atoms with Crippen LogP contribution in [0.1, 0.15) is 23.7 Å². The number of carbonyl (C=O) groups excluding carboxylic acids is 1. The van der Waals surface area contributed by atoms with Crippen LogP contribution in [0, 0.1) is 0 Å². The predicted octanol–water partition coefficient (Wildman–Crippen LogP) is 5.24. The normalized spacial score (nSPS) is 23.1. The van der Waals surface area contributed by atoms with Crippen LogP contribution in [0.5, 0.6) is 6.01 Å². The van der Waals surface area contributed by atoms with E-state index in [-0.39, 0.29) is 18.1 Å². The molecule has 0 radical (unpaired) electrons. The fraction of sp³-hybridized carbons (Fsp3) is 0.286. The molecule has 8 heteroatoms. The van der Waals surface area contributed by atoms with Gasteiger partial charge in [0.15, 0.2) is 6.10 Å². The highest BCUT2D eigenvalue weighted by Crippen LogP contribution is 2.39. The summed E-state index contributed by atoms with van der Waals surface area (Å²) in [5, 5.41) is 3.26. The first-order valence-corrected chi connectivity index (χ1v) is 12.4. The Morgan fingerprint density at radius 1 is 1.11 bits per heavy atom. The van der Waals surface area contributed by atoms with E-state index in [9.17, 15) is 4.79 Å². The first-order valence-electron chi connectivity index (χ1n) is 12.0. The van der Waals surface area contributed by atoms with E-state index in [4.69, 9.17) is 25.8 Å². The second-order valence-corrected chi connectivity index (χ2v) is 9.78. The van der Waals surface area contributed by atoms with Gasteiger partial charge in [0.2, 0.25) is 0 Å². The summed E-state index contributed by atoms with van der Waals surface area (Å²) in [5.41, 5.74) is 5.71. The van der Waals surface area contributed by atoms with Crippen molar-refractivity contribution in [2.45, 2.75) is 31.2 Å². The number of fused-ring (bicyclic) bond motifs is 2. The Morgan fingerprint density at radius 2 is 1.81 bits per heavy atom. The zero-order valence-electron chi connectivity index (χ0n) is 20.0. The fourth-order valence-electron chi connectivity index (χ4n) is 5.05. The van der Waals surface area contributed by atoms with Crippen LogP contribution in [0.2, 0.25) is 5.02 Å². The molecular formula is C28H26ClN3O4. The maximum Gasteiger partial charge on any atom is 0.295 e. The van der Waals surface area contributed by atoms with Crippen molar-refractivity contribution < 1.29 is 19.0 Å². The van der Waals surface area contributed by atoms with Gasteiger partial charge in [-0.25, -0.2) is 0 Å². The molecule has 2 fully saturated rings. The van der Waals surface area contributed by atoms with Gasteiger partial charge in [0.25, 0.3) is 11.9 Å². The van der Waals surface area contributed by atoms with Crippen LogP contribution in [0.3, 0.4) is 0 Å². The zero-order chi connectivity index (χ0) is 24.9. The van der Waals surface area contributed by atoms with Crippen molar-refractivity contribution in [3.8, 4) is 28.3 Å². The molecule has 1 amide bonds. The van der Waals surface area contributed by atoms with Crippen LogP contribution in [-0.2, 0) is 9.47 Å². The Morgan fingerprint density at radius 3 is 2.53 bits per heavy atom. The van der Waals surface area contributed by atoms with Crippen molar-refractivity contribution in [1.82, 2.24) is 15.3 Å². The lowest BCUT2D eigenvalue weighted by Gasteiger charge is -2.27. The molecule has 184 valence electrons. The van der Waals surface area contributed by atoms with E-state index in [1.165, 1.54) is 0 Å². The number of imidazole rings is 1. The molecular weight excluding hydrogens is 478 g/mol. The Balaban J connectivity index is 1.24. The summed E-state index contributed by atoms with van der Waals surface area (Å²) in [6, 6.07) is 20.0. The molecule has 36 heavy (non-hydrogen) atoms. The smallest absolute Gasteiger partial charge is 0.295 e. The highest BCUT2D eigenvalue weighted by molar-refractivity contribution is 6.34. The maximum atomic E-state index is 11.8. The van der Waals surface area contributed by atoms with Crippen molar-refractivity contribution in [3.63, 3.8) is 0 Å². The third-order valence-corrected chi connectivity index (χ3v) is 7.54. The molecule has 1 unspecified atom stereocenters. The second kappa shape index (κ2) is 8.92. The van der Waals surface area contributed by atoms with Gasteiger partial charge in [-0.2, -0.15) is 4.98 Å². The maximum absolute atomic E-state index is 11.8. The first-order chi connectivity index (χ1) is 17.4. The number of carbonyl (C=O) groups is 1. The van der Waals surface area contributed by atoms with Gasteiger partial charge in [-0.1, -0.05) is 48.0 Å². The number of nitrogens with one attached hydrogen (secondary N) is 2. The van der Waals surface area contributed by atoms with E-state index >= 15 is 0 Å². The van der Waals surface area contributed by atoms with Gasteiger partial charge in [-0.05, 0) is 54.3 Å². The van der Waals surface area contributed by atoms with Crippen LogP contribution < -0.4 is 10.1 Å². The molecule has 3 atom stereocenters. The topological polar surface area (TPSA) is 85.5 Å². The Kier molecular flexibility index (Phi) is 5.71.